The minimum Gasteiger partial charge on any atom is -0.494 e. The first-order chi connectivity index (χ1) is 11.4. The van der Waals surface area contributed by atoms with Crippen molar-refractivity contribution in [2.24, 2.45) is 11.7 Å². The van der Waals surface area contributed by atoms with Crippen LogP contribution in [0.15, 0.2) is 18.2 Å². The van der Waals surface area contributed by atoms with Gasteiger partial charge in [0, 0.05) is 5.92 Å². The maximum Gasteiger partial charge on any atom is 0.122 e. The largest absolute Gasteiger partial charge is 0.494 e. The van der Waals surface area contributed by atoms with Crippen molar-refractivity contribution >= 4 is 0 Å². The lowest BCUT2D eigenvalue weighted by Crippen LogP contribution is -2.37. The Bertz CT molecular complexity index is 513. The lowest BCUT2D eigenvalue weighted by Gasteiger charge is -2.36. The molecule has 3 heteroatoms. The van der Waals surface area contributed by atoms with E-state index < -0.39 is 0 Å². The smallest absolute Gasteiger partial charge is 0.122 e. The van der Waals surface area contributed by atoms with Crippen molar-refractivity contribution in [3.63, 3.8) is 0 Å². The highest BCUT2D eigenvalue weighted by Crippen LogP contribution is 2.39. The van der Waals surface area contributed by atoms with Crippen LogP contribution in [0.25, 0.3) is 0 Å². The van der Waals surface area contributed by atoms with Crippen molar-refractivity contribution in [1.82, 2.24) is 4.90 Å². The third kappa shape index (κ3) is 4.52. The number of piperidine rings is 1. The minimum absolute atomic E-state index is 0.143. The highest BCUT2D eigenvalue weighted by molar-refractivity contribution is 5.42. The molecule has 1 heterocycles. The van der Waals surface area contributed by atoms with E-state index in [1.807, 2.05) is 0 Å². The van der Waals surface area contributed by atoms with Gasteiger partial charge in [0.2, 0.25) is 0 Å². The van der Waals surface area contributed by atoms with E-state index in [1.54, 1.807) is 0 Å². The lowest BCUT2D eigenvalue weighted by atomic mass is 9.77. The molecule has 1 atom stereocenters. The normalized spacial score (nSPS) is 18.6. The van der Waals surface area contributed by atoms with Gasteiger partial charge in [-0.25, -0.2) is 0 Å². The van der Waals surface area contributed by atoms with E-state index in [1.165, 1.54) is 37.1 Å². The van der Waals surface area contributed by atoms with Crippen molar-refractivity contribution in [1.29, 1.82) is 0 Å². The Morgan fingerprint density at radius 3 is 2.38 bits per heavy atom. The summed E-state index contributed by atoms with van der Waals surface area (Å²) in [6.07, 6.45) is 2.47. The fourth-order valence-corrected chi connectivity index (χ4v) is 3.84. The molecule has 0 bridgehead atoms. The first-order valence-corrected chi connectivity index (χ1v) is 9.60. The van der Waals surface area contributed by atoms with Crippen molar-refractivity contribution in [3.05, 3.63) is 29.3 Å². The topological polar surface area (TPSA) is 38.5 Å². The molecule has 2 N–H and O–H groups in total. The van der Waals surface area contributed by atoms with Crippen LogP contribution in [0.1, 0.15) is 64.5 Å². The molecule has 3 nitrogen and oxygen atoms in total. The summed E-state index contributed by atoms with van der Waals surface area (Å²) in [5.74, 6) is 2.08. The molecule has 1 saturated heterocycles. The molecule has 2 rings (SSSR count). The van der Waals surface area contributed by atoms with Crippen LogP contribution in [0, 0.1) is 5.92 Å². The Hall–Kier alpha value is -1.06. The van der Waals surface area contributed by atoms with Crippen LogP contribution in [0.5, 0.6) is 5.75 Å². The van der Waals surface area contributed by atoms with Gasteiger partial charge in [-0.2, -0.15) is 0 Å². The average molecular weight is 333 g/mol. The third-order valence-corrected chi connectivity index (χ3v) is 5.48. The predicted molar refractivity (Wildman–Crippen MR) is 103 cm³/mol. The van der Waals surface area contributed by atoms with Gasteiger partial charge >= 0.3 is 0 Å². The molecule has 1 aromatic carbocycles. The third-order valence-electron chi connectivity index (χ3n) is 5.48. The number of nitrogens with two attached hydrogens (primary N) is 1. The molecule has 0 amide bonds. The Morgan fingerprint density at radius 2 is 1.88 bits per heavy atom. The highest BCUT2D eigenvalue weighted by atomic mass is 16.5. The van der Waals surface area contributed by atoms with Gasteiger partial charge < -0.3 is 15.4 Å². The van der Waals surface area contributed by atoms with E-state index in [-0.39, 0.29) is 5.41 Å². The second-order valence-electron chi connectivity index (χ2n) is 8.05. The van der Waals surface area contributed by atoms with Crippen LogP contribution < -0.4 is 10.5 Å². The quantitative estimate of drug-likeness (QED) is 0.850. The summed E-state index contributed by atoms with van der Waals surface area (Å²) >= 11 is 0. The predicted octanol–water partition coefficient (Wildman–Crippen LogP) is 4.16. The van der Waals surface area contributed by atoms with Crippen LogP contribution in [-0.2, 0) is 5.41 Å². The number of ether oxygens (including phenoxy) is 1. The number of hydrogen-bond acceptors (Lipinski definition) is 3. The van der Waals surface area contributed by atoms with Crippen LogP contribution in [0.4, 0.5) is 0 Å². The zero-order chi connectivity index (χ0) is 17.7. The van der Waals surface area contributed by atoms with E-state index >= 15 is 0 Å². The van der Waals surface area contributed by atoms with Crippen molar-refractivity contribution in [2.75, 3.05) is 32.8 Å². The number of nitrogens with zero attached hydrogens (tertiary/aromatic N) is 1. The van der Waals surface area contributed by atoms with Gasteiger partial charge in [0.05, 0.1) is 6.61 Å². The average Bonchev–Trinajstić information content (AvgIpc) is 2.56. The van der Waals surface area contributed by atoms with E-state index in [2.05, 4.69) is 57.7 Å². The van der Waals surface area contributed by atoms with Gasteiger partial charge in [-0.3, -0.25) is 0 Å². The standard InChI is InChI=1S/C21H36N2O/c1-6-23-12-10-16(11-13-23)19(15-22)18-14-17(21(3,4)5)8-9-20(18)24-7-2/h8-9,14,16,19H,6-7,10-13,15,22H2,1-5H3. The van der Waals surface area contributed by atoms with E-state index in [9.17, 15) is 0 Å². The second kappa shape index (κ2) is 8.35. The first kappa shape index (κ1) is 19.3. The highest BCUT2D eigenvalue weighted by Gasteiger charge is 2.29. The summed E-state index contributed by atoms with van der Waals surface area (Å²) in [6, 6.07) is 6.72. The molecule has 1 unspecified atom stereocenters. The molecule has 136 valence electrons. The molecule has 1 aliphatic rings. The molecule has 0 saturated carbocycles. The van der Waals surface area contributed by atoms with Crippen LogP contribution >= 0.6 is 0 Å². The zero-order valence-electron chi connectivity index (χ0n) is 16.3. The molecular formula is C21H36N2O. The summed E-state index contributed by atoms with van der Waals surface area (Å²) in [5.41, 5.74) is 9.09. The monoisotopic (exact) mass is 332 g/mol. The summed E-state index contributed by atoms with van der Waals surface area (Å²) < 4.78 is 5.95. The van der Waals surface area contributed by atoms with E-state index in [4.69, 9.17) is 10.5 Å². The van der Waals surface area contributed by atoms with Crippen molar-refractivity contribution in [2.45, 2.75) is 58.8 Å². The molecule has 0 aliphatic carbocycles. The Balaban J connectivity index is 2.31. The second-order valence-corrected chi connectivity index (χ2v) is 8.05. The number of hydrogen-bond donors (Lipinski definition) is 1. The number of likely N-dealkylation sites (tertiary alicyclic amines) is 1. The van der Waals surface area contributed by atoms with E-state index in [0.29, 0.717) is 25.0 Å². The Kier molecular flexibility index (Phi) is 6.70. The Morgan fingerprint density at radius 1 is 1.21 bits per heavy atom. The molecule has 0 spiro atoms. The maximum absolute atomic E-state index is 6.26. The van der Waals surface area contributed by atoms with Gasteiger partial charge in [0.15, 0.2) is 0 Å². The Labute approximate surface area is 148 Å². The van der Waals surface area contributed by atoms with Crippen molar-refractivity contribution in [3.8, 4) is 5.75 Å². The maximum atomic E-state index is 6.26. The van der Waals surface area contributed by atoms with Crippen molar-refractivity contribution < 1.29 is 4.74 Å². The number of benzene rings is 1. The number of rotatable bonds is 6. The first-order valence-electron chi connectivity index (χ1n) is 9.60. The molecule has 24 heavy (non-hydrogen) atoms. The molecule has 1 aliphatic heterocycles. The van der Waals surface area contributed by atoms with Crippen LogP contribution in [0.3, 0.4) is 0 Å². The molecule has 1 fully saturated rings. The van der Waals surface area contributed by atoms with Gasteiger partial charge in [0.25, 0.3) is 0 Å². The summed E-state index contributed by atoms with van der Waals surface area (Å²) in [6.45, 7) is 16.1. The summed E-state index contributed by atoms with van der Waals surface area (Å²) in [5, 5.41) is 0. The summed E-state index contributed by atoms with van der Waals surface area (Å²) in [4.78, 5) is 2.54. The fraction of sp³-hybridized carbons (Fsp3) is 0.714. The van der Waals surface area contributed by atoms with Crippen LogP contribution in [-0.4, -0.2) is 37.7 Å². The summed E-state index contributed by atoms with van der Waals surface area (Å²) in [7, 11) is 0. The molecule has 0 radical (unpaired) electrons. The van der Waals surface area contributed by atoms with Gasteiger partial charge in [-0.1, -0.05) is 39.8 Å². The minimum atomic E-state index is 0.143. The SMILES string of the molecule is CCOc1ccc(C(C)(C)C)cc1C(CN)C1CCN(CC)CC1. The lowest BCUT2D eigenvalue weighted by molar-refractivity contribution is 0.175. The fourth-order valence-electron chi connectivity index (χ4n) is 3.84. The van der Waals surface area contributed by atoms with Crippen LogP contribution in [0.2, 0.25) is 0 Å². The molecule has 1 aromatic rings. The van der Waals surface area contributed by atoms with Gasteiger partial charge in [0.1, 0.15) is 5.75 Å². The molecular weight excluding hydrogens is 296 g/mol. The van der Waals surface area contributed by atoms with E-state index in [0.717, 1.165) is 12.3 Å². The van der Waals surface area contributed by atoms with Gasteiger partial charge in [-0.15, -0.1) is 0 Å². The zero-order valence-corrected chi connectivity index (χ0v) is 16.3. The van der Waals surface area contributed by atoms with Gasteiger partial charge in [-0.05, 0) is 74.5 Å². The molecule has 0 aromatic heterocycles.